The zero-order valence-corrected chi connectivity index (χ0v) is 8.38. The van der Waals surface area contributed by atoms with Crippen LogP contribution >= 0.6 is 0 Å². The van der Waals surface area contributed by atoms with E-state index in [0.717, 1.165) is 13.0 Å². The maximum atomic E-state index is 5.86. The van der Waals surface area contributed by atoms with Gasteiger partial charge in [-0.3, -0.25) is 11.3 Å². The van der Waals surface area contributed by atoms with Crippen molar-refractivity contribution in [2.24, 2.45) is 11.8 Å². The second kappa shape index (κ2) is 3.56. The molecule has 0 amide bonds. The third-order valence-electron chi connectivity index (χ3n) is 3.77. The summed E-state index contributed by atoms with van der Waals surface area (Å²) in [5.41, 5.74) is 3.12. The summed E-state index contributed by atoms with van der Waals surface area (Å²) in [5.74, 6) is 6.17. The van der Waals surface area contributed by atoms with Crippen molar-refractivity contribution in [1.29, 1.82) is 0 Å². The zero-order chi connectivity index (χ0) is 9.31. The topological polar surface area (TPSA) is 47.3 Å². The Labute approximate surface area is 80.0 Å². The number of nitrogens with one attached hydrogen (secondary N) is 1. The van der Waals surface area contributed by atoms with Crippen LogP contribution in [0.15, 0.2) is 0 Å². The number of nitrogens with two attached hydrogens (primary N) is 1. The third kappa shape index (κ3) is 1.73. The van der Waals surface area contributed by atoms with E-state index in [2.05, 4.69) is 12.3 Å². The van der Waals surface area contributed by atoms with E-state index in [1.54, 1.807) is 0 Å². The highest BCUT2D eigenvalue weighted by Gasteiger charge is 2.43. The van der Waals surface area contributed by atoms with Crippen molar-refractivity contribution in [2.45, 2.75) is 50.7 Å². The Balaban J connectivity index is 1.92. The predicted octanol–water partition coefficient (Wildman–Crippen LogP) is 1.19. The Morgan fingerprint density at radius 2 is 2.31 bits per heavy atom. The van der Waals surface area contributed by atoms with Gasteiger partial charge in [-0.25, -0.2) is 0 Å². The molecular weight excluding hydrogens is 164 g/mol. The number of hydrogen-bond acceptors (Lipinski definition) is 3. The van der Waals surface area contributed by atoms with Gasteiger partial charge in [0.1, 0.15) is 0 Å². The first kappa shape index (κ1) is 9.44. The molecule has 1 aliphatic heterocycles. The molecule has 2 fully saturated rings. The van der Waals surface area contributed by atoms with Crippen LogP contribution in [0.3, 0.4) is 0 Å². The lowest BCUT2D eigenvalue weighted by Crippen LogP contribution is -2.50. The molecule has 2 atom stereocenters. The molecule has 2 unspecified atom stereocenters. The summed E-state index contributed by atoms with van der Waals surface area (Å²) in [5, 5.41) is 0. The smallest absolute Gasteiger partial charge is 0.0685 e. The molecule has 1 saturated heterocycles. The maximum Gasteiger partial charge on any atom is 0.0685 e. The van der Waals surface area contributed by atoms with E-state index in [1.807, 2.05) is 0 Å². The maximum absolute atomic E-state index is 5.86. The van der Waals surface area contributed by atoms with Gasteiger partial charge in [0, 0.05) is 12.6 Å². The van der Waals surface area contributed by atoms with Gasteiger partial charge >= 0.3 is 0 Å². The molecule has 0 aromatic rings. The number of ether oxygens (including phenoxy) is 1. The Bertz CT molecular complexity index is 180. The summed E-state index contributed by atoms with van der Waals surface area (Å²) in [6.45, 7) is 3.10. The van der Waals surface area contributed by atoms with Crippen LogP contribution in [0.5, 0.6) is 0 Å². The molecule has 1 saturated carbocycles. The molecule has 1 spiro atoms. The highest BCUT2D eigenvalue weighted by Crippen LogP contribution is 2.44. The highest BCUT2D eigenvalue weighted by molar-refractivity contribution is 4.95. The van der Waals surface area contributed by atoms with Crippen molar-refractivity contribution < 1.29 is 4.74 Å². The minimum absolute atomic E-state index is 0.258. The summed E-state index contributed by atoms with van der Waals surface area (Å²) >= 11 is 0. The first-order valence-electron chi connectivity index (χ1n) is 5.36. The lowest BCUT2D eigenvalue weighted by molar-refractivity contribution is -0.146. The van der Waals surface area contributed by atoms with Gasteiger partial charge in [0.15, 0.2) is 0 Å². The van der Waals surface area contributed by atoms with E-state index >= 15 is 0 Å². The molecule has 0 aromatic heterocycles. The molecule has 3 N–H and O–H groups in total. The largest absolute Gasteiger partial charge is 0.375 e. The summed E-state index contributed by atoms with van der Waals surface area (Å²) in [4.78, 5) is 0. The minimum atomic E-state index is 0.258. The molecular formula is C10H20N2O. The monoisotopic (exact) mass is 184 g/mol. The van der Waals surface area contributed by atoms with Gasteiger partial charge in [-0.2, -0.15) is 0 Å². The van der Waals surface area contributed by atoms with Crippen LogP contribution in [0.4, 0.5) is 0 Å². The van der Waals surface area contributed by atoms with Crippen molar-refractivity contribution in [1.82, 2.24) is 5.43 Å². The van der Waals surface area contributed by atoms with Crippen molar-refractivity contribution >= 4 is 0 Å². The van der Waals surface area contributed by atoms with Crippen molar-refractivity contribution in [3.05, 3.63) is 0 Å². The van der Waals surface area contributed by atoms with E-state index < -0.39 is 0 Å². The second-order valence-electron chi connectivity index (χ2n) is 4.59. The van der Waals surface area contributed by atoms with Gasteiger partial charge in [-0.1, -0.05) is 0 Å². The fraction of sp³-hybridized carbons (Fsp3) is 1.00. The first-order valence-corrected chi connectivity index (χ1v) is 5.36. The summed E-state index contributed by atoms with van der Waals surface area (Å²) in [6.07, 6.45) is 6.24. The molecule has 0 aromatic carbocycles. The molecule has 0 radical (unpaired) electrons. The van der Waals surface area contributed by atoms with Crippen molar-refractivity contribution in [3.63, 3.8) is 0 Å². The average Bonchev–Trinajstić information content (AvgIpc) is 2.14. The third-order valence-corrected chi connectivity index (χ3v) is 3.77. The van der Waals surface area contributed by atoms with Gasteiger partial charge in [0.25, 0.3) is 0 Å². The number of rotatable bonds is 2. The van der Waals surface area contributed by atoms with Crippen LogP contribution in [-0.4, -0.2) is 18.2 Å². The standard InChI is InChI=1S/C10H20N2O/c1-8(12-11)9-3-6-13-10(7-9)4-2-5-10/h8-9,12H,2-7,11H2,1H3. The first-order chi connectivity index (χ1) is 6.26. The lowest BCUT2D eigenvalue weighted by atomic mass is 9.70. The average molecular weight is 184 g/mol. The second-order valence-corrected chi connectivity index (χ2v) is 4.59. The molecule has 76 valence electrons. The van der Waals surface area contributed by atoms with Crippen LogP contribution in [-0.2, 0) is 4.74 Å². The van der Waals surface area contributed by atoms with Crippen LogP contribution in [0, 0.1) is 5.92 Å². The van der Waals surface area contributed by atoms with E-state index in [4.69, 9.17) is 10.6 Å². The van der Waals surface area contributed by atoms with Crippen LogP contribution < -0.4 is 11.3 Å². The molecule has 2 aliphatic rings. The van der Waals surface area contributed by atoms with Gasteiger partial charge in [0.05, 0.1) is 5.60 Å². The van der Waals surface area contributed by atoms with Gasteiger partial charge in [-0.05, 0) is 44.9 Å². The van der Waals surface area contributed by atoms with E-state index in [1.165, 1.54) is 25.7 Å². The number of hydrogen-bond donors (Lipinski definition) is 2. The summed E-state index contributed by atoms with van der Waals surface area (Å²) < 4.78 is 5.86. The quantitative estimate of drug-likeness (QED) is 0.500. The molecule has 2 rings (SSSR count). The zero-order valence-electron chi connectivity index (χ0n) is 8.38. The normalized spacial score (nSPS) is 34.2. The molecule has 1 aliphatic carbocycles. The SMILES string of the molecule is CC(NN)C1CCOC2(CCC2)C1. The highest BCUT2D eigenvalue weighted by atomic mass is 16.5. The lowest BCUT2D eigenvalue weighted by Gasteiger charge is -2.48. The van der Waals surface area contributed by atoms with E-state index in [0.29, 0.717) is 12.0 Å². The van der Waals surface area contributed by atoms with Gasteiger partial charge < -0.3 is 4.74 Å². The fourth-order valence-corrected chi connectivity index (χ4v) is 2.55. The van der Waals surface area contributed by atoms with Crippen LogP contribution in [0.1, 0.15) is 39.0 Å². The number of hydrazine groups is 1. The van der Waals surface area contributed by atoms with E-state index in [9.17, 15) is 0 Å². The minimum Gasteiger partial charge on any atom is -0.375 e. The molecule has 1 heterocycles. The summed E-state index contributed by atoms with van der Waals surface area (Å²) in [6, 6.07) is 0.432. The molecule has 13 heavy (non-hydrogen) atoms. The van der Waals surface area contributed by atoms with Crippen molar-refractivity contribution in [3.8, 4) is 0 Å². The predicted molar refractivity (Wildman–Crippen MR) is 52.0 cm³/mol. The van der Waals surface area contributed by atoms with Crippen LogP contribution in [0.25, 0.3) is 0 Å². The molecule has 3 heteroatoms. The Hall–Kier alpha value is -0.120. The Kier molecular flexibility index (Phi) is 2.58. The van der Waals surface area contributed by atoms with Crippen molar-refractivity contribution in [2.75, 3.05) is 6.61 Å². The summed E-state index contributed by atoms with van der Waals surface area (Å²) in [7, 11) is 0. The fourth-order valence-electron chi connectivity index (χ4n) is 2.55. The van der Waals surface area contributed by atoms with Crippen LogP contribution in [0.2, 0.25) is 0 Å². The Morgan fingerprint density at radius 1 is 1.54 bits per heavy atom. The van der Waals surface area contributed by atoms with Gasteiger partial charge in [-0.15, -0.1) is 0 Å². The van der Waals surface area contributed by atoms with Gasteiger partial charge in [0.2, 0.25) is 0 Å². The van der Waals surface area contributed by atoms with E-state index in [-0.39, 0.29) is 5.60 Å². The molecule has 0 bridgehead atoms. The Morgan fingerprint density at radius 3 is 2.85 bits per heavy atom. The molecule has 3 nitrogen and oxygen atoms in total.